The Morgan fingerprint density at radius 3 is 2.56 bits per heavy atom. The molecule has 1 heterocycles. The van der Waals surface area contributed by atoms with Crippen molar-refractivity contribution in [3.63, 3.8) is 0 Å². The lowest BCUT2D eigenvalue weighted by Gasteiger charge is -2.44. The summed E-state index contributed by atoms with van der Waals surface area (Å²) in [5.41, 5.74) is 1.34. The second kappa shape index (κ2) is 6.07. The van der Waals surface area contributed by atoms with Crippen LogP contribution in [-0.4, -0.2) is 25.2 Å². The minimum atomic E-state index is 0.587. The maximum atomic E-state index is 3.61. The second-order valence-electron chi connectivity index (χ2n) is 5.22. The molecule has 1 N–H and O–H groups in total. The Morgan fingerprint density at radius 2 is 1.94 bits per heavy atom. The number of halogens is 1. The van der Waals surface area contributed by atoms with Crippen LogP contribution in [0.3, 0.4) is 0 Å². The van der Waals surface area contributed by atoms with Crippen molar-refractivity contribution in [2.45, 2.75) is 39.3 Å². The van der Waals surface area contributed by atoms with E-state index in [9.17, 15) is 0 Å². The lowest BCUT2D eigenvalue weighted by molar-refractivity contribution is 0.274. The molecule has 0 aromatic heterocycles. The molecule has 3 heteroatoms. The molecular weight excluding hydrogens is 288 g/mol. The van der Waals surface area contributed by atoms with Gasteiger partial charge in [-0.2, -0.15) is 0 Å². The predicted octanol–water partition coefficient (Wildman–Crippen LogP) is 3.66. The highest BCUT2D eigenvalue weighted by Crippen LogP contribution is 2.29. The molecule has 0 radical (unpaired) electrons. The number of benzene rings is 1. The van der Waals surface area contributed by atoms with Gasteiger partial charge in [0, 0.05) is 28.8 Å². The molecule has 1 aromatic carbocycles. The zero-order chi connectivity index (χ0) is 13.1. The molecule has 1 aliphatic rings. The fourth-order valence-corrected chi connectivity index (χ4v) is 3.18. The van der Waals surface area contributed by atoms with Gasteiger partial charge in [0.1, 0.15) is 0 Å². The lowest BCUT2D eigenvalue weighted by atomic mass is 9.86. The van der Waals surface area contributed by atoms with Crippen molar-refractivity contribution >= 4 is 21.6 Å². The van der Waals surface area contributed by atoms with Crippen LogP contribution in [0, 0.1) is 5.92 Å². The van der Waals surface area contributed by atoms with Gasteiger partial charge in [0.05, 0.1) is 0 Å². The van der Waals surface area contributed by atoms with Crippen LogP contribution in [0.4, 0.5) is 5.69 Å². The molecular formula is C15H23BrN2. The van der Waals surface area contributed by atoms with Gasteiger partial charge in [-0.25, -0.2) is 0 Å². The summed E-state index contributed by atoms with van der Waals surface area (Å²) in [4.78, 5) is 2.53. The fourth-order valence-electron chi connectivity index (χ4n) is 2.91. The first-order valence-corrected chi connectivity index (χ1v) is 7.68. The summed E-state index contributed by atoms with van der Waals surface area (Å²) in [6.45, 7) is 9.11. The highest BCUT2D eigenvalue weighted by molar-refractivity contribution is 9.10. The Balaban J connectivity index is 2.10. The summed E-state index contributed by atoms with van der Waals surface area (Å²) >= 11 is 3.50. The number of hydrogen-bond acceptors (Lipinski definition) is 2. The van der Waals surface area contributed by atoms with Crippen molar-refractivity contribution in [3.8, 4) is 0 Å². The van der Waals surface area contributed by atoms with E-state index < -0.39 is 0 Å². The molecule has 100 valence electrons. The third kappa shape index (κ3) is 2.89. The van der Waals surface area contributed by atoms with Crippen molar-refractivity contribution in [1.29, 1.82) is 0 Å². The van der Waals surface area contributed by atoms with Crippen molar-refractivity contribution in [2.75, 3.05) is 18.0 Å². The standard InChI is InChI=1S/C15H23BrN2/c1-4-17-15-9-10-18(12(3)11(15)2)14-7-5-13(16)6-8-14/h5-8,11-12,15,17H,4,9-10H2,1-3H3. The van der Waals surface area contributed by atoms with Gasteiger partial charge < -0.3 is 10.2 Å². The largest absolute Gasteiger partial charge is 0.368 e. The van der Waals surface area contributed by atoms with E-state index in [0.29, 0.717) is 18.0 Å². The van der Waals surface area contributed by atoms with Crippen LogP contribution in [0.15, 0.2) is 28.7 Å². The first kappa shape index (κ1) is 13.9. The van der Waals surface area contributed by atoms with Crippen molar-refractivity contribution in [2.24, 2.45) is 5.92 Å². The first-order valence-electron chi connectivity index (χ1n) is 6.89. The molecule has 0 saturated carbocycles. The molecule has 0 bridgehead atoms. The third-order valence-corrected chi connectivity index (χ3v) is 4.72. The summed E-state index contributed by atoms with van der Waals surface area (Å²) in [7, 11) is 0. The van der Waals surface area contributed by atoms with Crippen LogP contribution in [0.2, 0.25) is 0 Å². The molecule has 0 aliphatic carbocycles. The molecule has 18 heavy (non-hydrogen) atoms. The van der Waals surface area contributed by atoms with Crippen LogP contribution in [0.25, 0.3) is 0 Å². The molecule has 0 spiro atoms. The predicted molar refractivity (Wildman–Crippen MR) is 82.2 cm³/mol. The van der Waals surface area contributed by atoms with Gasteiger partial charge in [0.2, 0.25) is 0 Å². The van der Waals surface area contributed by atoms with E-state index >= 15 is 0 Å². The minimum absolute atomic E-state index is 0.587. The zero-order valence-corrected chi connectivity index (χ0v) is 13.1. The number of nitrogens with one attached hydrogen (secondary N) is 1. The normalized spacial score (nSPS) is 28.4. The van der Waals surface area contributed by atoms with E-state index in [0.717, 1.165) is 17.6 Å². The van der Waals surface area contributed by atoms with Gasteiger partial charge in [-0.05, 0) is 50.1 Å². The average Bonchev–Trinajstić information content (AvgIpc) is 2.37. The smallest absolute Gasteiger partial charge is 0.0369 e. The Kier molecular flexibility index (Phi) is 4.68. The van der Waals surface area contributed by atoms with Crippen molar-refractivity contribution in [3.05, 3.63) is 28.7 Å². The monoisotopic (exact) mass is 310 g/mol. The second-order valence-corrected chi connectivity index (χ2v) is 6.14. The highest BCUT2D eigenvalue weighted by Gasteiger charge is 2.31. The summed E-state index contributed by atoms with van der Waals surface area (Å²) in [6.07, 6.45) is 1.23. The Morgan fingerprint density at radius 1 is 1.28 bits per heavy atom. The molecule has 1 aromatic rings. The summed E-state index contributed by atoms with van der Waals surface area (Å²) in [6, 6.07) is 9.93. The topological polar surface area (TPSA) is 15.3 Å². The molecule has 3 atom stereocenters. The fraction of sp³-hybridized carbons (Fsp3) is 0.600. The van der Waals surface area contributed by atoms with Gasteiger partial charge in [0.15, 0.2) is 0 Å². The van der Waals surface area contributed by atoms with Crippen LogP contribution < -0.4 is 10.2 Å². The maximum absolute atomic E-state index is 3.61. The Hall–Kier alpha value is -0.540. The molecule has 3 unspecified atom stereocenters. The van der Waals surface area contributed by atoms with E-state index in [2.05, 4.69) is 71.2 Å². The average molecular weight is 311 g/mol. The summed E-state index contributed by atoms with van der Waals surface area (Å²) in [5, 5.41) is 3.61. The number of nitrogens with zero attached hydrogens (tertiary/aromatic N) is 1. The Bertz CT molecular complexity index is 377. The molecule has 1 saturated heterocycles. The van der Waals surface area contributed by atoms with E-state index in [4.69, 9.17) is 0 Å². The molecule has 2 rings (SSSR count). The molecule has 1 fully saturated rings. The van der Waals surface area contributed by atoms with Crippen LogP contribution in [0.1, 0.15) is 27.2 Å². The van der Waals surface area contributed by atoms with Crippen molar-refractivity contribution < 1.29 is 0 Å². The SMILES string of the molecule is CCNC1CCN(c2ccc(Br)cc2)C(C)C1C. The first-order chi connectivity index (χ1) is 8.63. The maximum Gasteiger partial charge on any atom is 0.0369 e. The van der Waals surface area contributed by atoms with E-state index in [-0.39, 0.29) is 0 Å². The number of rotatable bonds is 3. The molecule has 0 amide bonds. The highest BCUT2D eigenvalue weighted by atomic mass is 79.9. The minimum Gasteiger partial charge on any atom is -0.368 e. The quantitative estimate of drug-likeness (QED) is 0.916. The van der Waals surface area contributed by atoms with Gasteiger partial charge >= 0.3 is 0 Å². The lowest BCUT2D eigenvalue weighted by Crippen LogP contribution is -2.53. The zero-order valence-electron chi connectivity index (χ0n) is 11.5. The van der Waals surface area contributed by atoms with Crippen LogP contribution >= 0.6 is 15.9 Å². The van der Waals surface area contributed by atoms with E-state index in [1.165, 1.54) is 12.1 Å². The van der Waals surface area contributed by atoms with Gasteiger partial charge in [-0.15, -0.1) is 0 Å². The number of piperidine rings is 1. The summed E-state index contributed by atoms with van der Waals surface area (Å²) in [5.74, 6) is 0.683. The summed E-state index contributed by atoms with van der Waals surface area (Å²) < 4.78 is 1.15. The number of hydrogen-bond donors (Lipinski definition) is 1. The molecule has 1 aliphatic heterocycles. The van der Waals surface area contributed by atoms with Gasteiger partial charge in [-0.1, -0.05) is 29.8 Å². The van der Waals surface area contributed by atoms with Gasteiger partial charge in [-0.3, -0.25) is 0 Å². The van der Waals surface area contributed by atoms with Crippen molar-refractivity contribution in [1.82, 2.24) is 5.32 Å². The van der Waals surface area contributed by atoms with Crippen LogP contribution in [-0.2, 0) is 0 Å². The third-order valence-electron chi connectivity index (χ3n) is 4.19. The van der Waals surface area contributed by atoms with Crippen LogP contribution in [0.5, 0.6) is 0 Å². The molecule has 2 nitrogen and oxygen atoms in total. The Labute approximate surface area is 119 Å². The van der Waals surface area contributed by atoms with Gasteiger partial charge in [0.25, 0.3) is 0 Å². The number of anilines is 1. The van der Waals surface area contributed by atoms with E-state index in [1.807, 2.05) is 0 Å². The van der Waals surface area contributed by atoms with E-state index in [1.54, 1.807) is 0 Å².